The van der Waals surface area contributed by atoms with Crippen molar-refractivity contribution in [1.82, 2.24) is 9.78 Å². The van der Waals surface area contributed by atoms with Crippen LogP contribution in [-0.2, 0) is 10.9 Å². The van der Waals surface area contributed by atoms with Gasteiger partial charge in [-0.05, 0) is 20.8 Å². The Morgan fingerprint density at radius 1 is 1.54 bits per heavy atom. The lowest BCUT2D eigenvalue weighted by Crippen LogP contribution is -2.08. The summed E-state index contributed by atoms with van der Waals surface area (Å²) in [5.74, 6) is 0.517. The number of aromatic nitrogens is 2. The lowest BCUT2D eigenvalue weighted by molar-refractivity contribution is 0.536. The highest BCUT2D eigenvalue weighted by molar-refractivity contribution is 7.73. The van der Waals surface area contributed by atoms with Gasteiger partial charge in [0.25, 0.3) is 0 Å². The Balaban J connectivity index is 3.04. The molecule has 0 saturated carbocycles. The second-order valence-electron chi connectivity index (χ2n) is 3.08. The molecule has 0 aliphatic heterocycles. The fourth-order valence-corrected chi connectivity index (χ4v) is 1.44. The third kappa shape index (κ3) is 2.45. The van der Waals surface area contributed by atoms with Crippen molar-refractivity contribution in [1.29, 1.82) is 0 Å². The fourth-order valence-electron chi connectivity index (χ4n) is 1.09. The minimum absolute atomic E-state index is 0.145. The van der Waals surface area contributed by atoms with Crippen LogP contribution >= 0.6 is 0 Å². The van der Waals surface area contributed by atoms with Crippen LogP contribution in [0, 0.1) is 6.92 Å². The Kier molecular flexibility index (Phi) is 2.92. The fraction of sp³-hybridized carbons (Fsp3) is 0.571. The van der Waals surface area contributed by atoms with Gasteiger partial charge in [-0.15, -0.1) is 0 Å². The molecule has 1 rings (SSSR count). The maximum atomic E-state index is 10.4. The second kappa shape index (κ2) is 3.78. The molecule has 1 aromatic heterocycles. The van der Waals surface area contributed by atoms with Crippen LogP contribution in [0.5, 0.6) is 0 Å². The molecule has 0 aromatic carbocycles. The Morgan fingerprint density at radius 2 is 2.15 bits per heavy atom. The predicted octanol–water partition coefficient (Wildman–Crippen LogP) is 0.711. The van der Waals surface area contributed by atoms with Crippen molar-refractivity contribution in [3.63, 3.8) is 0 Å². The molecule has 6 heteroatoms. The maximum Gasteiger partial charge on any atom is 0.223 e. The largest absolute Gasteiger partial charge is 0.270 e. The third-order valence-corrected chi connectivity index (χ3v) is 1.96. The molecule has 0 amide bonds. The molecule has 0 radical (unpaired) electrons. The molecule has 1 aromatic rings. The molecule has 0 atom stereocenters. The highest BCUT2D eigenvalue weighted by atomic mass is 32.2. The molecule has 0 saturated heterocycles. The lowest BCUT2D eigenvalue weighted by Gasteiger charge is -2.08. The third-order valence-electron chi connectivity index (χ3n) is 1.55. The van der Waals surface area contributed by atoms with E-state index in [0.29, 0.717) is 5.82 Å². The summed E-state index contributed by atoms with van der Waals surface area (Å²) >= 11 is 0. The molecule has 1 heterocycles. The standard InChI is InChI=1S/C7H13N3O2S/c1-5(2)10-7(9-13(11)12)4-6(3)8-10/h4-5,13H,1-3H3,(H,9,11,12). The van der Waals surface area contributed by atoms with Crippen LogP contribution in [0.25, 0.3) is 0 Å². The van der Waals surface area contributed by atoms with Crippen LogP contribution in [-0.4, -0.2) is 18.2 Å². The van der Waals surface area contributed by atoms with E-state index in [-0.39, 0.29) is 6.04 Å². The number of hydrogen-bond acceptors (Lipinski definition) is 3. The Morgan fingerprint density at radius 3 is 2.62 bits per heavy atom. The van der Waals surface area contributed by atoms with Crippen LogP contribution < -0.4 is 4.72 Å². The zero-order chi connectivity index (χ0) is 10.0. The van der Waals surface area contributed by atoms with E-state index in [1.165, 1.54) is 0 Å². The average molecular weight is 203 g/mol. The summed E-state index contributed by atoms with van der Waals surface area (Å²) in [5.41, 5.74) is 0.799. The van der Waals surface area contributed by atoms with E-state index in [2.05, 4.69) is 9.82 Å². The summed E-state index contributed by atoms with van der Waals surface area (Å²) in [4.78, 5) is 0. The smallest absolute Gasteiger partial charge is 0.223 e. The second-order valence-corrected chi connectivity index (χ2v) is 3.82. The van der Waals surface area contributed by atoms with Gasteiger partial charge in [-0.25, -0.2) is 13.1 Å². The number of nitrogens with zero attached hydrogens (tertiary/aromatic N) is 2. The molecule has 0 unspecified atom stereocenters. The van der Waals surface area contributed by atoms with Gasteiger partial charge >= 0.3 is 0 Å². The molecular formula is C7H13N3O2S. The minimum atomic E-state index is -2.62. The number of thiol groups is 1. The quantitative estimate of drug-likeness (QED) is 0.711. The molecule has 0 aliphatic carbocycles. The molecule has 0 aliphatic rings. The Labute approximate surface area is 78.8 Å². The highest BCUT2D eigenvalue weighted by Crippen LogP contribution is 2.15. The van der Waals surface area contributed by atoms with Crippen molar-refractivity contribution >= 4 is 16.7 Å². The van der Waals surface area contributed by atoms with E-state index in [4.69, 9.17) is 0 Å². The van der Waals surface area contributed by atoms with E-state index < -0.39 is 10.9 Å². The predicted molar refractivity (Wildman–Crippen MR) is 51.3 cm³/mol. The SMILES string of the molecule is Cc1cc(N[SH](=O)=O)n(C(C)C)n1. The van der Waals surface area contributed by atoms with Crippen molar-refractivity contribution in [3.8, 4) is 0 Å². The van der Waals surface area contributed by atoms with Crippen molar-refractivity contribution in [2.24, 2.45) is 0 Å². The molecule has 0 bridgehead atoms. The van der Waals surface area contributed by atoms with Gasteiger partial charge in [0.15, 0.2) is 0 Å². The first-order valence-corrected chi connectivity index (χ1v) is 5.15. The van der Waals surface area contributed by atoms with Gasteiger partial charge in [-0.1, -0.05) is 0 Å². The van der Waals surface area contributed by atoms with Crippen molar-refractivity contribution in [3.05, 3.63) is 11.8 Å². The summed E-state index contributed by atoms with van der Waals surface area (Å²) in [5, 5.41) is 4.15. The van der Waals surface area contributed by atoms with Crippen LogP contribution in [0.4, 0.5) is 5.82 Å². The lowest BCUT2D eigenvalue weighted by atomic mass is 10.4. The summed E-state index contributed by atoms with van der Waals surface area (Å²) in [6.07, 6.45) is 0. The number of rotatable bonds is 3. The molecule has 0 fully saturated rings. The van der Waals surface area contributed by atoms with Crippen LogP contribution in [0.3, 0.4) is 0 Å². The van der Waals surface area contributed by atoms with E-state index in [1.807, 2.05) is 20.8 Å². The molecule has 13 heavy (non-hydrogen) atoms. The van der Waals surface area contributed by atoms with Crippen molar-refractivity contribution < 1.29 is 8.42 Å². The first-order valence-electron chi connectivity index (χ1n) is 3.98. The number of nitrogens with one attached hydrogen (secondary N) is 1. The normalized spacial score (nSPS) is 11.2. The first kappa shape index (κ1) is 10.0. The summed E-state index contributed by atoms with van der Waals surface area (Å²) in [6.45, 7) is 5.70. The topological polar surface area (TPSA) is 64.0 Å². The summed E-state index contributed by atoms with van der Waals surface area (Å²) in [7, 11) is -2.62. The number of hydrogen-bond donors (Lipinski definition) is 2. The van der Waals surface area contributed by atoms with E-state index >= 15 is 0 Å². The van der Waals surface area contributed by atoms with Crippen molar-refractivity contribution in [2.45, 2.75) is 26.8 Å². The van der Waals surface area contributed by atoms with Gasteiger partial charge in [-0.3, -0.25) is 4.72 Å². The first-order chi connectivity index (χ1) is 6.00. The van der Waals surface area contributed by atoms with Gasteiger partial charge in [0.1, 0.15) is 5.82 Å². The monoisotopic (exact) mass is 203 g/mol. The number of anilines is 1. The molecule has 1 N–H and O–H groups in total. The van der Waals surface area contributed by atoms with Gasteiger partial charge in [0.05, 0.1) is 5.69 Å². The Bertz CT molecular complexity index is 360. The van der Waals surface area contributed by atoms with Crippen LogP contribution in [0.2, 0.25) is 0 Å². The summed E-state index contributed by atoms with van der Waals surface area (Å²) < 4.78 is 24.8. The van der Waals surface area contributed by atoms with Gasteiger partial charge in [0.2, 0.25) is 10.9 Å². The highest BCUT2D eigenvalue weighted by Gasteiger charge is 2.07. The van der Waals surface area contributed by atoms with Gasteiger partial charge in [-0.2, -0.15) is 5.10 Å². The molecule has 0 spiro atoms. The summed E-state index contributed by atoms with van der Waals surface area (Å²) in [6, 6.07) is 1.84. The van der Waals surface area contributed by atoms with Gasteiger partial charge in [0, 0.05) is 12.1 Å². The molecule has 5 nitrogen and oxygen atoms in total. The average Bonchev–Trinajstić information content (AvgIpc) is 2.29. The van der Waals surface area contributed by atoms with Crippen LogP contribution in [0.15, 0.2) is 6.07 Å². The van der Waals surface area contributed by atoms with E-state index in [0.717, 1.165) is 5.69 Å². The Hall–Kier alpha value is -1.04. The van der Waals surface area contributed by atoms with E-state index in [1.54, 1.807) is 10.7 Å². The molecule has 74 valence electrons. The molecular weight excluding hydrogens is 190 g/mol. The van der Waals surface area contributed by atoms with Gasteiger partial charge < -0.3 is 0 Å². The zero-order valence-corrected chi connectivity index (χ0v) is 8.71. The minimum Gasteiger partial charge on any atom is -0.270 e. The van der Waals surface area contributed by atoms with E-state index in [9.17, 15) is 8.42 Å². The van der Waals surface area contributed by atoms with Crippen LogP contribution in [0.1, 0.15) is 25.6 Å². The maximum absolute atomic E-state index is 10.4. The van der Waals surface area contributed by atoms with Crippen molar-refractivity contribution in [2.75, 3.05) is 4.72 Å². The number of aryl methyl sites for hydroxylation is 1. The zero-order valence-electron chi connectivity index (χ0n) is 7.81.